The van der Waals surface area contributed by atoms with E-state index in [9.17, 15) is 22.8 Å². The first-order valence-corrected chi connectivity index (χ1v) is 7.44. The molecule has 3 rings (SSSR count). The minimum absolute atomic E-state index is 0.0246. The van der Waals surface area contributed by atoms with Gasteiger partial charge < -0.3 is 9.88 Å². The van der Waals surface area contributed by atoms with E-state index < -0.39 is 23.2 Å². The molecule has 1 amide bonds. The molecule has 3 heterocycles. The lowest BCUT2D eigenvalue weighted by Crippen LogP contribution is -2.39. The highest BCUT2D eigenvalue weighted by atomic mass is 32.1. The van der Waals surface area contributed by atoms with Crippen LogP contribution in [-0.2, 0) is 12.6 Å². The Morgan fingerprint density at radius 1 is 1.36 bits per heavy atom. The van der Waals surface area contributed by atoms with Gasteiger partial charge in [0.2, 0.25) is 0 Å². The van der Waals surface area contributed by atoms with Crippen LogP contribution in [0.5, 0.6) is 0 Å². The van der Waals surface area contributed by atoms with E-state index in [1.54, 1.807) is 6.07 Å². The van der Waals surface area contributed by atoms with Gasteiger partial charge in [0.15, 0.2) is 0 Å². The highest BCUT2D eigenvalue weighted by molar-refractivity contribution is 7.12. The van der Waals surface area contributed by atoms with E-state index in [1.807, 2.05) is 0 Å². The number of rotatable bonds is 1. The molecule has 1 N–H and O–H groups in total. The molecule has 0 fully saturated rings. The molecule has 0 unspecified atom stereocenters. The third-order valence-electron chi connectivity index (χ3n) is 3.50. The lowest BCUT2D eigenvalue weighted by atomic mass is 10.0. The number of hydrogen-bond acceptors (Lipinski definition) is 3. The summed E-state index contributed by atoms with van der Waals surface area (Å²) in [5, 5.41) is 0.910. The highest BCUT2D eigenvalue weighted by Crippen LogP contribution is 2.34. The Hall–Kier alpha value is -2.09. The van der Waals surface area contributed by atoms with E-state index in [2.05, 4.69) is 4.98 Å². The number of anilines is 1. The maximum atomic E-state index is 12.6. The number of alkyl halides is 3. The van der Waals surface area contributed by atoms with E-state index >= 15 is 0 Å². The number of fused-ring (bicyclic) bond motifs is 1. The molecule has 0 bridgehead atoms. The number of aromatic amines is 1. The Labute approximate surface area is 127 Å². The molecular weight excluding hydrogens is 317 g/mol. The minimum Gasteiger partial charge on any atom is -0.327 e. The van der Waals surface area contributed by atoms with Crippen molar-refractivity contribution in [2.75, 3.05) is 11.4 Å². The number of aromatic nitrogens is 1. The monoisotopic (exact) mass is 328 g/mol. The summed E-state index contributed by atoms with van der Waals surface area (Å²) in [6.45, 7) is 0.318. The summed E-state index contributed by atoms with van der Waals surface area (Å²) in [5.41, 5.74) is -0.283. The van der Waals surface area contributed by atoms with Crippen LogP contribution in [0.1, 0.15) is 27.2 Å². The zero-order valence-electron chi connectivity index (χ0n) is 11.2. The van der Waals surface area contributed by atoms with Gasteiger partial charge in [-0.3, -0.25) is 9.59 Å². The minimum atomic E-state index is -4.48. The molecule has 8 heteroatoms. The molecule has 4 nitrogen and oxygen atoms in total. The lowest BCUT2D eigenvalue weighted by molar-refractivity contribution is -0.137. The third kappa shape index (κ3) is 2.54. The molecule has 116 valence electrons. The lowest BCUT2D eigenvalue weighted by Gasteiger charge is -2.27. The average molecular weight is 328 g/mol. The SMILES string of the molecule is O=C(c1cc(C(F)(F)F)cs1)N1CCCc2cc[nH]c(=O)c21. The normalized spacial score (nSPS) is 14.8. The molecule has 0 atom stereocenters. The number of H-pyrrole nitrogens is 1. The van der Waals surface area contributed by atoms with Gasteiger partial charge in [-0.2, -0.15) is 13.2 Å². The van der Waals surface area contributed by atoms with Crippen molar-refractivity contribution in [2.45, 2.75) is 19.0 Å². The second kappa shape index (κ2) is 5.28. The van der Waals surface area contributed by atoms with Crippen molar-refractivity contribution in [3.05, 3.63) is 50.1 Å². The van der Waals surface area contributed by atoms with Gasteiger partial charge in [-0.15, -0.1) is 11.3 Å². The zero-order valence-corrected chi connectivity index (χ0v) is 12.1. The second-order valence-electron chi connectivity index (χ2n) is 4.94. The van der Waals surface area contributed by atoms with Crippen LogP contribution in [0.15, 0.2) is 28.5 Å². The topological polar surface area (TPSA) is 53.2 Å². The Balaban J connectivity index is 1.98. The molecule has 1 aliphatic rings. The number of carbonyl (C=O) groups is 1. The molecule has 0 aromatic carbocycles. The molecule has 1 aliphatic heterocycles. The van der Waals surface area contributed by atoms with Crippen molar-refractivity contribution in [1.82, 2.24) is 4.98 Å². The summed E-state index contributed by atoms with van der Waals surface area (Å²) in [7, 11) is 0. The summed E-state index contributed by atoms with van der Waals surface area (Å²) >= 11 is 0.735. The molecular formula is C14H11F3N2O2S. The van der Waals surface area contributed by atoms with Crippen LogP contribution in [0.4, 0.5) is 18.9 Å². The van der Waals surface area contributed by atoms with Crippen molar-refractivity contribution in [3.8, 4) is 0 Å². The Bertz CT molecular complexity index is 779. The Morgan fingerprint density at radius 3 is 2.82 bits per heavy atom. The number of aryl methyl sites for hydroxylation is 1. The average Bonchev–Trinajstić information content (AvgIpc) is 2.96. The first-order chi connectivity index (χ1) is 10.4. The van der Waals surface area contributed by atoms with Gasteiger partial charge >= 0.3 is 6.18 Å². The maximum Gasteiger partial charge on any atom is 0.417 e. The van der Waals surface area contributed by atoms with Gasteiger partial charge in [0.1, 0.15) is 5.69 Å². The molecule has 0 radical (unpaired) electrons. The number of pyridine rings is 1. The standard InChI is InChI=1S/C14H11F3N2O2S/c15-14(16,17)9-6-10(22-7-9)13(21)19-5-1-2-8-3-4-18-12(20)11(8)19/h3-4,6-7H,1-2,5H2,(H,18,20). The number of halogens is 3. The first-order valence-electron chi connectivity index (χ1n) is 6.56. The number of amides is 1. The van der Waals surface area contributed by atoms with E-state index in [0.29, 0.717) is 19.4 Å². The van der Waals surface area contributed by atoms with Crippen LogP contribution >= 0.6 is 11.3 Å². The van der Waals surface area contributed by atoms with Crippen molar-refractivity contribution >= 4 is 22.9 Å². The number of thiophene rings is 1. The van der Waals surface area contributed by atoms with Gasteiger partial charge in [0.25, 0.3) is 11.5 Å². The van der Waals surface area contributed by atoms with Crippen LogP contribution in [0.2, 0.25) is 0 Å². The predicted molar refractivity (Wildman–Crippen MR) is 76.4 cm³/mol. The molecule has 2 aromatic rings. The molecule has 0 aliphatic carbocycles. The van der Waals surface area contributed by atoms with Gasteiger partial charge in [-0.05, 0) is 30.5 Å². The predicted octanol–water partition coefficient (Wildman–Crippen LogP) is 3.05. The largest absolute Gasteiger partial charge is 0.417 e. The number of hydrogen-bond donors (Lipinski definition) is 1. The fourth-order valence-corrected chi connectivity index (χ4v) is 3.34. The molecule has 0 saturated heterocycles. The third-order valence-corrected chi connectivity index (χ3v) is 4.42. The summed E-state index contributed by atoms with van der Waals surface area (Å²) in [6.07, 6.45) is -1.64. The fraction of sp³-hybridized carbons (Fsp3) is 0.286. The second-order valence-corrected chi connectivity index (χ2v) is 5.85. The van der Waals surface area contributed by atoms with Crippen LogP contribution in [0, 0.1) is 0 Å². The number of nitrogens with one attached hydrogen (secondary N) is 1. The molecule has 0 saturated carbocycles. The van der Waals surface area contributed by atoms with Gasteiger partial charge in [0.05, 0.1) is 10.4 Å². The Kier molecular flexibility index (Phi) is 3.56. The highest BCUT2D eigenvalue weighted by Gasteiger charge is 2.34. The van der Waals surface area contributed by atoms with Crippen LogP contribution < -0.4 is 10.5 Å². The molecule has 2 aromatic heterocycles. The van der Waals surface area contributed by atoms with Crippen LogP contribution in [0.25, 0.3) is 0 Å². The van der Waals surface area contributed by atoms with E-state index in [4.69, 9.17) is 0 Å². The first kappa shape index (κ1) is 14.8. The molecule has 0 spiro atoms. The van der Waals surface area contributed by atoms with E-state index in [-0.39, 0.29) is 10.6 Å². The van der Waals surface area contributed by atoms with Crippen molar-refractivity contribution in [1.29, 1.82) is 0 Å². The fourth-order valence-electron chi connectivity index (χ4n) is 2.48. The summed E-state index contributed by atoms with van der Waals surface area (Å²) in [4.78, 5) is 28.2. The smallest absolute Gasteiger partial charge is 0.327 e. The van der Waals surface area contributed by atoms with Gasteiger partial charge in [-0.1, -0.05) is 0 Å². The van der Waals surface area contributed by atoms with Crippen molar-refractivity contribution in [3.63, 3.8) is 0 Å². The quantitative estimate of drug-likeness (QED) is 0.875. The maximum absolute atomic E-state index is 12.6. The van der Waals surface area contributed by atoms with Crippen molar-refractivity contribution in [2.24, 2.45) is 0 Å². The summed E-state index contributed by atoms with van der Waals surface area (Å²) in [5.74, 6) is -0.571. The molecule has 22 heavy (non-hydrogen) atoms. The van der Waals surface area contributed by atoms with Gasteiger partial charge in [0, 0.05) is 18.1 Å². The summed E-state index contributed by atoms with van der Waals surface area (Å²) in [6, 6.07) is 2.55. The van der Waals surface area contributed by atoms with Crippen LogP contribution in [0.3, 0.4) is 0 Å². The zero-order chi connectivity index (χ0) is 15.9. The summed E-state index contributed by atoms with van der Waals surface area (Å²) < 4.78 is 37.9. The van der Waals surface area contributed by atoms with Crippen LogP contribution in [-0.4, -0.2) is 17.4 Å². The number of carbonyl (C=O) groups excluding carboxylic acids is 1. The van der Waals surface area contributed by atoms with Gasteiger partial charge in [-0.25, -0.2) is 0 Å². The van der Waals surface area contributed by atoms with E-state index in [0.717, 1.165) is 28.3 Å². The van der Waals surface area contributed by atoms with Crippen molar-refractivity contribution < 1.29 is 18.0 Å². The number of nitrogens with zero attached hydrogens (tertiary/aromatic N) is 1. The Morgan fingerprint density at radius 2 is 2.14 bits per heavy atom. The van der Waals surface area contributed by atoms with E-state index in [1.165, 1.54) is 11.1 Å².